The second-order valence-corrected chi connectivity index (χ2v) is 4.45. The lowest BCUT2D eigenvalue weighted by Crippen LogP contribution is -2.54. The number of carbonyl (C=O) groups excluding carboxylic acids is 1. The molecule has 1 aliphatic rings. The normalized spacial score (nSPS) is 25.8. The van der Waals surface area contributed by atoms with Crippen LogP contribution in [0.2, 0.25) is 0 Å². The van der Waals surface area contributed by atoms with Gasteiger partial charge in [0.1, 0.15) is 0 Å². The standard InChI is InChI=1S/C10H20N2O/c1-8(2)5-12-7-10(13)11(4)6-9(12)3/h8-9H,5-7H2,1-4H3. The molecule has 1 rings (SSSR count). The average Bonchev–Trinajstić information content (AvgIpc) is 1.99. The molecule has 13 heavy (non-hydrogen) atoms. The van der Waals surface area contributed by atoms with Crippen molar-refractivity contribution >= 4 is 5.91 Å². The van der Waals surface area contributed by atoms with E-state index in [1.807, 2.05) is 11.9 Å². The molecule has 0 saturated carbocycles. The van der Waals surface area contributed by atoms with Crippen LogP contribution in [0.15, 0.2) is 0 Å². The number of piperazine rings is 1. The van der Waals surface area contributed by atoms with Crippen LogP contribution in [0.5, 0.6) is 0 Å². The molecule has 0 aromatic rings. The Morgan fingerprint density at radius 3 is 2.69 bits per heavy atom. The van der Waals surface area contributed by atoms with Gasteiger partial charge in [-0.3, -0.25) is 9.69 Å². The first kappa shape index (κ1) is 10.5. The highest BCUT2D eigenvalue weighted by Crippen LogP contribution is 2.10. The summed E-state index contributed by atoms with van der Waals surface area (Å²) in [5, 5.41) is 0. The molecule has 1 unspecified atom stereocenters. The first-order valence-corrected chi connectivity index (χ1v) is 4.98. The molecular weight excluding hydrogens is 164 g/mol. The Morgan fingerprint density at radius 1 is 1.54 bits per heavy atom. The van der Waals surface area contributed by atoms with E-state index < -0.39 is 0 Å². The van der Waals surface area contributed by atoms with Crippen LogP contribution in [0.25, 0.3) is 0 Å². The van der Waals surface area contributed by atoms with E-state index >= 15 is 0 Å². The van der Waals surface area contributed by atoms with Crippen LogP contribution in [0.1, 0.15) is 20.8 Å². The Hall–Kier alpha value is -0.570. The molecule has 0 aromatic heterocycles. The molecule has 3 nitrogen and oxygen atoms in total. The minimum Gasteiger partial charge on any atom is -0.343 e. The molecule has 3 heteroatoms. The zero-order chi connectivity index (χ0) is 10.0. The lowest BCUT2D eigenvalue weighted by Gasteiger charge is -2.38. The van der Waals surface area contributed by atoms with Crippen molar-refractivity contribution in [1.29, 1.82) is 0 Å². The fraction of sp³-hybridized carbons (Fsp3) is 0.900. The highest BCUT2D eigenvalue weighted by Gasteiger charge is 2.26. The molecule has 1 saturated heterocycles. The summed E-state index contributed by atoms with van der Waals surface area (Å²) in [5.41, 5.74) is 0. The van der Waals surface area contributed by atoms with Crippen LogP contribution in [-0.4, -0.2) is 48.4 Å². The van der Waals surface area contributed by atoms with Crippen molar-refractivity contribution in [3.63, 3.8) is 0 Å². The van der Waals surface area contributed by atoms with Gasteiger partial charge in [0.25, 0.3) is 0 Å². The summed E-state index contributed by atoms with van der Waals surface area (Å²) >= 11 is 0. The van der Waals surface area contributed by atoms with Gasteiger partial charge in [0.15, 0.2) is 0 Å². The van der Waals surface area contributed by atoms with Gasteiger partial charge in [0, 0.05) is 26.2 Å². The molecular formula is C10H20N2O. The van der Waals surface area contributed by atoms with Gasteiger partial charge in [0.2, 0.25) is 5.91 Å². The van der Waals surface area contributed by atoms with Gasteiger partial charge in [-0.2, -0.15) is 0 Å². The molecule has 1 aliphatic heterocycles. The highest BCUT2D eigenvalue weighted by molar-refractivity contribution is 5.78. The van der Waals surface area contributed by atoms with Gasteiger partial charge in [-0.1, -0.05) is 13.8 Å². The van der Waals surface area contributed by atoms with Crippen molar-refractivity contribution in [1.82, 2.24) is 9.80 Å². The predicted octanol–water partition coefficient (Wildman–Crippen LogP) is 0.805. The minimum atomic E-state index is 0.249. The van der Waals surface area contributed by atoms with E-state index in [0.29, 0.717) is 18.5 Å². The summed E-state index contributed by atoms with van der Waals surface area (Å²) in [6.07, 6.45) is 0. The summed E-state index contributed by atoms with van der Waals surface area (Å²) in [6, 6.07) is 0.505. The minimum absolute atomic E-state index is 0.249. The Labute approximate surface area is 80.7 Å². The molecule has 0 bridgehead atoms. The van der Waals surface area contributed by atoms with E-state index in [9.17, 15) is 4.79 Å². The molecule has 1 fully saturated rings. The second kappa shape index (κ2) is 4.09. The maximum Gasteiger partial charge on any atom is 0.236 e. The van der Waals surface area contributed by atoms with E-state index in [2.05, 4.69) is 25.7 Å². The Morgan fingerprint density at radius 2 is 2.15 bits per heavy atom. The van der Waals surface area contributed by atoms with Gasteiger partial charge >= 0.3 is 0 Å². The lowest BCUT2D eigenvalue weighted by atomic mass is 10.1. The van der Waals surface area contributed by atoms with Gasteiger partial charge in [-0.25, -0.2) is 0 Å². The van der Waals surface area contributed by atoms with Crippen LogP contribution in [0, 0.1) is 5.92 Å². The Kier molecular flexibility index (Phi) is 3.31. The SMILES string of the molecule is CC(C)CN1CC(=O)N(C)CC1C. The van der Waals surface area contributed by atoms with Crippen molar-refractivity contribution in [2.45, 2.75) is 26.8 Å². The van der Waals surface area contributed by atoms with Crippen LogP contribution in [0.3, 0.4) is 0 Å². The van der Waals surface area contributed by atoms with Crippen LogP contribution >= 0.6 is 0 Å². The van der Waals surface area contributed by atoms with Crippen molar-refractivity contribution in [2.75, 3.05) is 26.7 Å². The molecule has 0 spiro atoms. The summed E-state index contributed by atoms with van der Waals surface area (Å²) in [6.45, 7) is 9.05. The Bertz CT molecular complexity index is 191. The smallest absolute Gasteiger partial charge is 0.236 e. The summed E-state index contributed by atoms with van der Waals surface area (Å²) in [5.74, 6) is 0.886. The molecule has 0 radical (unpaired) electrons. The summed E-state index contributed by atoms with van der Waals surface area (Å²) in [7, 11) is 1.88. The highest BCUT2D eigenvalue weighted by atomic mass is 16.2. The third kappa shape index (κ3) is 2.69. The maximum absolute atomic E-state index is 11.4. The van der Waals surface area contributed by atoms with Crippen molar-refractivity contribution in [3.8, 4) is 0 Å². The monoisotopic (exact) mass is 184 g/mol. The molecule has 1 heterocycles. The van der Waals surface area contributed by atoms with Crippen molar-refractivity contribution in [2.24, 2.45) is 5.92 Å². The molecule has 0 N–H and O–H groups in total. The molecule has 0 aromatic carbocycles. The fourth-order valence-electron chi connectivity index (χ4n) is 1.78. The Balaban J connectivity index is 2.51. The van der Waals surface area contributed by atoms with Crippen LogP contribution in [0.4, 0.5) is 0 Å². The van der Waals surface area contributed by atoms with E-state index in [1.54, 1.807) is 0 Å². The summed E-state index contributed by atoms with van der Waals surface area (Å²) in [4.78, 5) is 15.5. The fourth-order valence-corrected chi connectivity index (χ4v) is 1.78. The third-order valence-corrected chi connectivity index (χ3v) is 2.53. The number of nitrogens with zero attached hydrogens (tertiary/aromatic N) is 2. The zero-order valence-corrected chi connectivity index (χ0v) is 9.08. The predicted molar refractivity (Wildman–Crippen MR) is 53.5 cm³/mol. The third-order valence-electron chi connectivity index (χ3n) is 2.53. The number of rotatable bonds is 2. The average molecular weight is 184 g/mol. The van der Waals surface area contributed by atoms with Crippen LogP contribution < -0.4 is 0 Å². The lowest BCUT2D eigenvalue weighted by molar-refractivity contribution is -0.136. The quantitative estimate of drug-likeness (QED) is 0.634. The van der Waals surface area contributed by atoms with Gasteiger partial charge in [-0.15, -0.1) is 0 Å². The number of hydrogen-bond acceptors (Lipinski definition) is 2. The van der Waals surface area contributed by atoms with Crippen LogP contribution in [-0.2, 0) is 4.79 Å². The molecule has 0 aliphatic carbocycles. The van der Waals surface area contributed by atoms with E-state index in [4.69, 9.17) is 0 Å². The molecule has 1 atom stereocenters. The molecule has 1 amide bonds. The largest absolute Gasteiger partial charge is 0.343 e. The van der Waals surface area contributed by atoms with Crippen molar-refractivity contribution < 1.29 is 4.79 Å². The van der Waals surface area contributed by atoms with E-state index in [1.165, 1.54) is 0 Å². The number of amides is 1. The van der Waals surface area contributed by atoms with Gasteiger partial charge < -0.3 is 4.90 Å². The van der Waals surface area contributed by atoms with E-state index in [-0.39, 0.29) is 5.91 Å². The maximum atomic E-state index is 11.4. The van der Waals surface area contributed by atoms with Gasteiger partial charge in [0.05, 0.1) is 6.54 Å². The number of hydrogen-bond donors (Lipinski definition) is 0. The second-order valence-electron chi connectivity index (χ2n) is 4.45. The van der Waals surface area contributed by atoms with Crippen molar-refractivity contribution in [3.05, 3.63) is 0 Å². The number of likely N-dealkylation sites (N-methyl/N-ethyl adjacent to an activating group) is 1. The van der Waals surface area contributed by atoms with E-state index in [0.717, 1.165) is 13.1 Å². The zero-order valence-electron chi connectivity index (χ0n) is 9.08. The summed E-state index contributed by atoms with van der Waals surface area (Å²) < 4.78 is 0. The first-order chi connectivity index (χ1) is 6.00. The number of carbonyl (C=O) groups is 1. The first-order valence-electron chi connectivity index (χ1n) is 4.98. The molecule has 76 valence electrons. The topological polar surface area (TPSA) is 23.6 Å². The van der Waals surface area contributed by atoms with Gasteiger partial charge in [-0.05, 0) is 12.8 Å².